The van der Waals surface area contributed by atoms with Crippen LogP contribution in [-0.4, -0.2) is 23.9 Å². The third-order valence-corrected chi connectivity index (χ3v) is 1.38. The van der Waals surface area contributed by atoms with Crippen LogP contribution >= 0.6 is 0 Å². The van der Waals surface area contributed by atoms with Gasteiger partial charge in [0.05, 0.1) is 18.1 Å². The summed E-state index contributed by atoms with van der Waals surface area (Å²) >= 11 is 0. The van der Waals surface area contributed by atoms with Crippen molar-refractivity contribution in [1.82, 2.24) is 0 Å². The van der Waals surface area contributed by atoms with Gasteiger partial charge in [0.1, 0.15) is 0 Å². The Kier molecular flexibility index (Phi) is 3.59. The standard InChI is InChI=1S/C8H16F2O2/c1-6(11)5-12-8(9,10)7(2,3)4/h6,11H,5H2,1-4H3. The summed E-state index contributed by atoms with van der Waals surface area (Å²) in [5.74, 6) is 0. The number of alkyl halides is 2. The second-order valence-corrected chi connectivity index (χ2v) is 3.93. The van der Waals surface area contributed by atoms with Crippen molar-refractivity contribution in [3.63, 3.8) is 0 Å². The maximum absolute atomic E-state index is 13.0. The third-order valence-electron chi connectivity index (χ3n) is 1.38. The Morgan fingerprint density at radius 2 is 1.75 bits per heavy atom. The van der Waals surface area contributed by atoms with Crippen LogP contribution in [0.25, 0.3) is 0 Å². The van der Waals surface area contributed by atoms with Crippen LogP contribution in [0.3, 0.4) is 0 Å². The fraction of sp³-hybridized carbons (Fsp3) is 1.00. The monoisotopic (exact) mass is 182 g/mol. The van der Waals surface area contributed by atoms with Crippen LogP contribution in [0.5, 0.6) is 0 Å². The molecule has 0 aliphatic heterocycles. The van der Waals surface area contributed by atoms with E-state index in [9.17, 15) is 8.78 Å². The lowest BCUT2D eigenvalue weighted by atomic mass is 9.95. The average Bonchev–Trinajstić information content (AvgIpc) is 1.81. The van der Waals surface area contributed by atoms with Crippen molar-refractivity contribution in [2.45, 2.75) is 39.9 Å². The second kappa shape index (κ2) is 3.66. The van der Waals surface area contributed by atoms with Gasteiger partial charge in [0.25, 0.3) is 0 Å². The van der Waals surface area contributed by atoms with Crippen LogP contribution in [0, 0.1) is 5.41 Å². The first kappa shape index (κ1) is 11.8. The van der Waals surface area contributed by atoms with E-state index in [4.69, 9.17) is 5.11 Å². The van der Waals surface area contributed by atoms with Crippen molar-refractivity contribution in [1.29, 1.82) is 0 Å². The number of rotatable bonds is 3. The maximum Gasteiger partial charge on any atom is 0.360 e. The molecule has 0 amide bonds. The summed E-state index contributed by atoms with van der Waals surface area (Å²) in [4.78, 5) is 0. The van der Waals surface area contributed by atoms with Gasteiger partial charge in [0.15, 0.2) is 0 Å². The zero-order valence-electron chi connectivity index (χ0n) is 7.90. The first-order chi connectivity index (χ1) is 5.17. The van der Waals surface area contributed by atoms with E-state index in [1.165, 1.54) is 27.7 Å². The van der Waals surface area contributed by atoms with E-state index in [1.54, 1.807) is 0 Å². The molecule has 0 rings (SSSR count). The second-order valence-electron chi connectivity index (χ2n) is 3.93. The summed E-state index contributed by atoms with van der Waals surface area (Å²) in [6.07, 6.45) is -4.05. The Hall–Kier alpha value is -0.220. The predicted molar refractivity (Wildman–Crippen MR) is 42.0 cm³/mol. The van der Waals surface area contributed by atoms with Crippen molar-refractivity contribution >= 4 is 0 Å². The summed E-state index contributed by atoms with van der Waals surface area (Å²) in [5, 5.41) is 8.72. The number of ether oxygens (including phenoxy) is 1. The molecule has 0 aliphatic rings. The minimum atomic E-state index is -3.19. The quantitative estimate of drug-likeness (QED) is 0.723. The zero-order chi connectivity index (χ0) is 9.99. The molecule has 4 heteroatoms. The van der Waals surface area contributed by atoms with E-state index in [2.05, 4.69) is 4.74 Å². The zero-order valence-corrected chi connectivity index (χ0v) is 7.90. The number of aliphatic hydroxyl groups excluding tert-OH is 1. The van der Waals surface area contributed by atoms with Gasteiger partial charge in [0.2, 0.25) is 0 Å². The number of aliphatic hydroxyl groups is 1. The smallest absolute Gasteiger partial charge is 0.360 e. The largest absolute Gasteiger partial charge is 0.391 e. The fourth-order valence-corrected chi connectivity index (χ4v) is 0.442. The number of halogens is 2. The predicted octanol–water partition coefficient (Wildman–Crippen LogP) is 2.02. The molecule has 74 valence electrons. The molecule has 1 unspecified atom stereocenters. The van der Waals surface area contributed by atoms with Crippen molar-refractivity contribution in [3.05, 3.63) is 0 Å². The lowest BCUT2D eigenvalue weighted by molar-refractivity contribution is -0.301. The summed E-state index contributed by atoms with van der Waals surface area (Å²) in [6, 6.07) is 0. The molecular weight excluding hydrogens is 166 g/mol. The van der Waals surface area contributed by atoms with E-state index in [0.29, 0.717) is 0 Å². The van der Waals surface area contributed by atoms with Crippen molar-refractivity contribution in [2.24, 2.45) is 5.41 Å². The lowest BCUT2D eigenvalue weighted by Gasteiger charge is -2.29. The van der Waals surface area contributed by atoms with E-state index in [1.807, 2.05) is 0 Å². The Morgan fingerprint density at radius 1 is 1.33 bits per heavy atom. The van der Waals surface area contributed by atoms with Crippen LogP contribution in [0.15, 0.2) is 0 Å². The van der Waals surface area contributed by atoms with Gasteiger partial charge < -0.3 is 9.84 Å². The van der Waals surface area contributed by atoms with Gasteiger partial charge in [-0.25, -0.2) is 0 Å². The highest BCUT2D eigenvalue weighted by atomic mass is 19.3. The molecule has 0 saturated carbocycles. The minimum Gasteiger partial charge on any atom is -0.391 e. The van der Waals surface area contributed by atoms with Gasteiger partial charge in [-0.3, -0.25) is 0 Å². The van der Waals surface area contributed by atoms with Gasteiger partial charge in [-0.05, 0) is 6.92 Å². The highest BCUT2D eigenvalue weighted by molar-refractivity contribution is 4.72. The highest BCUT2D eigenvalue weighted by Crippen LogP contribution is 2.36. The molecule has 2 nitrogen and oxygen atoms in total. The molecule has 0 bridgehead atoms. The minimum absolute atomic E-state index is 0.343. The maximum atomic E-state index is 13.0. The molecule has 0 spiro atoms. The molecule has 1 N–H and O–H groups in total. The van der Waals surface area contributed by atoms with E-state index >= 15 is 0 Å². The highest BCUT2D eigenvalue weighted by Gasteiger charge is 2.44. The molecule has 0 fully saturated rings. The molecular formula is C8H16F2O2. The van der Waals surface area contributed by atoms with Gasteiger partial charge >= 0.3 is 6.11 Å². The SMILES string of the molecule is CC(O)COC(F)(F)C(C)(C)C. The number of hydrogen-bond acceptors (Lipinski definition) is 2. The van der Waals surface area contributed by atoms with E-state index in [0.717, 1.165) is 0 Å². The number of hydrogen-bond donors (Lipinski definition) is 1. The molecule has 0 aromatic carbocycles. The third kappa shape index (κ3) is 3.45. The average molecular weight is 182 g/mol. The molecule has 1 atom stereocenters. The normalized spacial score (nSPS) is 16.2. The van der Waals surface area contributed by atoms with Crippen molar-refractivity contribution in [3.8, 4) is 0 Å². The van der Waals surface area contributed by atoms with E-state index in [-0.39, 0.29) is 6.61 Å². The first-order valence-corrected chi connectivity index (χ1v) is 3.86. The molecule has 0 aromatic heterocycles. The van der Waals surface area contributed by atoms with Gasteiger partial charge in [-0.1, -0.05) is 20.8 Å². The van der Waals surface area contributed by atoms with Gasteiger partial charge in [0, 0.05) is 0 Å². The fourth-order valence-electron chi connectivity index (χ4n) is 0.442. The first-order valence-electron chi connectivity index (χ1n) is 3.86. The molecule has 0 radical (unpaired) electrons. The van der Waals surface area contributed by atoms with Gasteiger partial charge in [-0.15, -0.1) is 0 Å². The van der Waals surface area contributed by atoms with Crippen LogP contribution in [-0.2, 0) is 4.74 Å². The lowest BCUT2D eigenvalue weighted by Crippen LogP contribution is -2.38. The Bertz CT molecular complexity index is 138. The van der Waals surface area contributed by atoms with Crippen molar-refractivity contribution in [2.75, 3.05) is 6.61 Å². The molecule has 12 heavy (non-hydrogen) atoms. The molecule has 0 aliphatic carbocycles. The Labute approximate surface area is 71.5 Å². The topological polar surface area (TPSA) is 29.5 Å². The summed E-state index contributed by atoms with van der Waals surface area (Å²) in [5.41, 5.74) is -1.23. The summed E-state index contributed by atoms with van der Waals surface area (Å²) in [6.45, 7) is 5.21. The van der Waals surface area contributed by atoms with Crippen LogP contribution in [0.4, 0.5) is 8.78 Å². The van der Waals surface area contributed by atoms with Crippen molar-refractivity contribution < 1.29 is 18.6 Å². The van der Waals surface area contributed by atoms with Crippen LogP contribution in [0.2, 0.25) is 0 Å². The van der Waals surface area contributed by atoms with Crippen LogP contribution in [0.1, 0.15) is 27.7 Å². The summed E-state index contributed by atoms with van der Waals surface area (Å²) < 4.78 is 30.2. The molecule has 0 saturated heterocycles. The molecule has 0 heterocycles. The van der Waals surface area contributed by atoms with Gasteiger partial charge in [-0.2, -0.15) is 8.78 Å². The molecule has 0 aromatic rings. The van der Waals surface area contributed by atoms with Crippen LogP contribution < -0.4 is 0 Å². The summed E-state index contributed by atoms with van der Waals surface area (Å²) in [7, 11) is 0. The van der Waals surface area contributed by atoms with E-state index < -0.39 is 17.6 Å². The Balaban J connectivity index is 4.05. The Morgan fingerprint density at radius 3 is 2.00 bits per heavy atom.